The molecule has 0 bridgehead atoms. The van der Waals surface area contributed by atoms with Gasteiger partial charge < -0.3 is 0 Å². The van der Waals surface area contributed by atoms with Crippen LogP contribution in [0.1, 0.15) is 51.4 Å². The minimum absolute atomic E-state index is 0.0599. The van der Waals surface area contributed by atoms with E-state index < -0.39 is 43.9 Å². The summed E-state index contributed by atoms with van der Waals surface area (Å²) in [5.41, 5.74) is 0. The van der Waals surface area contributed by atoms with Gasteiger partial charge in [0.25, 0.3) is 0 Å². The second kappa shape index (κ2) is 7.10. The molecule has 2 heterocycles. The number of carbonyl (C=O) groups excluding carboxylic acids is 4. The molecule has 2 saturated heterocycles. The van der Waals surface area contributed by atoms with Crippen molar-refractivity contribution in [1.29, 1.82) is 0 Å². The predicted molar refractivity (Wildman–Crippen MR) is 67.1 cm³/mol. The zero-order valence-electron chi connectivity index (χ0n) is 11.4. The Labute approximate surface area is 127 Å². The number of rotatable bonds is 0. The van der Waals surface area contributed by atoms with E-state index in [-0.39, 0.29) is 25.7 Å². The third-order valence-corrected chi connectivity index (χ3v) is 8.43. The molecule has 1 spiro atoms. The van der Waals surface area contributed by atoms with Crippen LogP contribution in [0.2, 0.25) is 0 Å². The third-order valence-electron chi connectivity index (χ3n) is 2.98. The summed E-state index contributed by atoms with van der Waals surface area (Å²) in [6, 6.07) is 0. The first-order valence-electron chi connectivity index (χ1n) is 6.86. The Morgan fingerprint density at radius 2 is 0.762 bits per heavy atom. The molecule has 0 radical (unpaired) electrons. The van der Waals surface area contributed by atoms with E-state index in [2.05, 4.69) is 0 Å². The van der Waals surface area contributed by atoms with Crippen LogP contribution in [0.25, 0.3) is 0 Å². The van der Waals surface area contributed by atoms with E-state index in [4.69, 9.17) is 12.3 Å². The second-order valence-electron chi connectivity index (χ2n) is 4.81. The van der Waals surface area contributed by atoms with Crippen LogP contribution in [0.3, 0.4) is 0 Å². The van der Waals surface area contributed by atoms with Gasteiger partial charge in [0, 0.05) is 0 Å². The molecule has 0 unspecified atom stereocenters. The van der Waals surface area contributed by atoms with Gasteiger partial charge in [0.2, 0.25) is 0 Å². The van der Waals surface area contributed by atoms with Crippen molar-refractivity contribution in [3.05, 3.63) is 0 Å². The molecule has 0 aromatic rings. The fourth-order valence-corrected chi connectivity index (χ4v) is 7.03. The van der Waals surface area contributed by atoms with Crippen LogP contribution in [0, 0.1) is 0 Å². The fourth-order valence-electron chi connectivity index (χ4n) is 1.96. The number of hydrogen-bond donors (Lipinski definition) is 0. The molecule has 2 aliphatic heterocycles. The van der Waals surface area contributed by atoms with E-state index in [1.54, 1.807) is 0 Å². The number of hydrogen-bond acceptors (Lipinski definition) is 8. The Hall–Kier alpha value is -1.32. The van der Waals surface area contributed by atoms with Crippen molar-refractivity contribution in [3.63, 3.8) is 0 Å². The first kappa shape index (κ1) is 16.1. The van der Waals surface area contributed by atoms with E-state index in [1.807, 2.05) is 0 Å². The van der Waals surface area contributed by atoms with Gasteiger partial charge in [-0.05, 0) is 0 Å². The van der Waals surface area contributed by atoms with E-state index in [1.165, 1.54) is 0 Å². The summed E-state index contributed by atoms with van der Waals surface area (Å²) in [4.78, 5) is 46.9. The molecule has 9 heteroatoms. The summed E-state index contributed by atoms with van der Waals surface area (Å²) >= 11 is -5.33. The molecule has 2 fully saturated rings. The first-order chi connectivity index (χ1) is 9.99. The molecule has 0 aromatic carbocycles. The molecule has 0 amide bonds. The van der Waals surface area contributed by atoms with Gasteiger partial charge in [-0.2, -0.15) is 0 Å². The zero-order chi connectivity index (χ0) is 15.3. The van der Waals surface area contributed by atoms with Gasteiger partial charge in [-0.25, -0.2) is 0 Å². The molecular weight excluding hydrogens is 391 g/mol. The molecule has 0 aromatic heterocycles. The normalized spacial score (nSPS) is 24.0. The molecule has 2 rings (SSSR count). The van der Waals surface area contributed by atoms with E-state index in [0.29, 0.717) is 25.7 Å². The summed E-state index contributed by atoms with van der Waals surface area (Å²) in [6.07, 6.45) is 2.06. The second-order valence-corrected chi connectivity index (χ2v) is 9.99. The van der Waals surface area contributed by atoms with Crippen molar-refractivity contribution >= 4 is 43.9 Å². The topological polar surface area (TPSA) is 105 Å². The van der Waals surface area contributed by atoms with Crippen molar-refractivity contribution in [1.82, 2.24) is 0 Å². The Morgan fingerprint density at radius 1 is 0.524 bits per heavy atom. The SMILES string of the molecule is O=C1CCCCC(=O)[O][Sn]2([O]1)[O]C(=O)CCCCC(=O)[O]2. The van der Waals surface area contributed by atoms with Gasteiger partial charge in [0.1, 0.15) is 0 Å². The summed E-state index contributed by atoms with van der Waals surface area (Å²) in [6.45, 7) is 0. The van der Waals surface area contributed by atoms with Gasteiger partial charge in [-0.3, -0.25) is 0 Å². The van der Waals surface area contributed by atoms with Crippen LogP contribution in [-0.4, -0.2) is 43.9 Å². The minimum atomic E-state index is -5.33. The molecule has 0 atom stereocenters. The summed E-state index contributed by atoms with van der Waals surface area (Å²) in [5.74, 6) is -2.72. The van der Waals surface area contributed by atoms with Crippen LogP contribution in [0.5, 0.6) is 0 Å². The van der Waals surface area contributed by atoms with Crippen LogP contribution < -0.4 is 0 Å². The van der Waals surface area contributed by atoms with Gasteiger partial charge in [0.05, 0.1) is 0 Å². The molecule has 2 aliphatic rings. The molecule has 0 aliphatic carbocycles. The average Bonchev–Trinajstić information content (AvgIpc) is 2.48. The molecule has 0 N–H and O–H groups in total. The van der Waals surface area contributed by atoms with Gasteiger partial charge in [-0.1, -0.05) is 0 Å². The Balaban J connectivity index is 2.27. The molecule has 116 valence electrons. The quantitative estimate of drug-likeness (QED) is 0.542. The fraction of sp³-hybridized carbons (Fsp3) is 0.667. The molecule has 8 nitrogen and oxygen atoms in total. The van der Waals surface area contributed by atoms with E-state index >= 15 is 0 Å². The van der Waals surface area contributed by atoms with Gasteiger partial charge in [-0.15, -0.1) is 0 Å². The zero-order valence-corrected chi connectivity index (χ0v) is 14.3. The van der Waals surface area contributed by atoms with Crippen molar-refractivity contribution in [2.75, 3.05) is 0 Å². The maximum atomic E-state index is 11.7. The Kier molecular flexibility index (Phi) is 5.43. The van der Waals surface area contributed by atoms with Crippen molar-refractivity contribution < 1.29 is 31.5 Å². The van der Waals surface area contributed by atoms with E-state index in [9.17, 15) is 19.2 Å². The van der Waals surface area contributed by atoms with Crippen molar-refractivity contribution in [2.45, 2.75) is 51.4 Å². The standard InChI is InChI=1S/2C6H10O4.Sn/c2*7-5(8)3-1-2-4-6(9)10;/h2*1-4H2,(H,7,8)(H,9,10);/q;;+4/p-4. The monoisotopic (exact) mass is 408 g/mol. The number of carbonyl (C=O) groups is 4. The predicted octanol–water partition coefficient (Wildman–Crippen LogP) is 0.743. The average molecular weight is 407 g/mol. The van der Waals surface area contributed by atoms with Gasteiger partial charge in [0.15, 0.2) is 0 Å². The summed E-state index contributed by atoms with van der Waals surface area (Å²) in [7, 11) is 0. The summed E-state index contributed by atoms with van der Waals surface area (Å²) < 4.78 is 20.2. The van der Waals surface area contributed by atoms with E-state index in [0.717, 1.165) is 0 Å². The maximum absolute atomic E-state index is 11.7. The van der Waals surface area contributed by atoms with Crippen LogP contribution in [-0.2, 0) is 31.5 Å². The van der Waals surface area contributed by atoms with Crippen molar-refractivity contribution in [3.8, 4) is 0 Å². The van der Waals surface area contributed by atoms with Crippen molar-refractivity contribution in [2.24, 2.45) is 0 Å². The summed E-state index contributed by atoms with van der Waals surface area (Å²) in [5, 5.41) is 0. The molecule has 0 saturated carbocycles. The van der Waals surface area contributed by atoms with Crippen LogP contribution in [0.15, 0.2) is 0 Å². The van der Waals surface area contributed by atoms with Crippen LogP contribution >= 0.6 is 0 Å². The van der Waals surface area contributed by atoms with Crippen LogP contribution in [0.4, 0.5) is 0 Å². The Bertz CT molecular complexity index is 375. The first-order valence-corrected chi connectivity index (χ1v) is 11.5. The molecular formula is C12H16O8Sn. The van der Waals surface area contributed by atoms with Gasteiger partial charge >= 0.3 is 127 Å². The molecule has 21 heavy (non-hydrogen) atoms. The third kappa shape index (κ3) is 4.87. The Morgan fingerprint density at radius 3 is 1.00 bits per heavy atom.